The molecule has 1 aliphatic rings. The van der Waals surface area contributed by atoms with Gasteiger partial charge in [0.05, 0.1) is 25.0 Å². The van der Waals surface area contributed by atoms with Crippen molar-refractivity contribution in [2.45, 2.75) is 19.8 Å². The topological polar surface area (TPSA) is 76.8 Å². The van der Waals surface area contributed by atoms with Crippen molar-refractivity contribution in [3.8, 4) is 0 Å². The Kier molecular flexibility index (Phi) is 5.91. The van der Waals surface area contributed by atoms with Crippen LogP contribution in [-0.4, -0.2) is 34.8 Å². The number of hydrogen-bond donors (Lipinski definition) is 1. The number of nitrogens with zero attached hydrogens (tertiary/aromatic N) is 6. The first-order valence-corrected chi connectivity index (χ1v) is 7.22. The number of allylic oxidation sites excluding steroid dienone is 1. The Bertz CT molecular complexity index is 620. The van der Waals surface area contributed by atoms with Gasteiger partial charge < -0.3 is 10.0 Å². The zero-order valence-electron chi connectivity index (χ0n) is 12.9. The van der Waals surface area contributed by atoms with Gasteiger partial charge in [-0.2, -0.15) is 0 Å². The van der Waals surface area contributed by atoms with E-state index in [1.54, 1.807) is 6.92 Å². The molecule has 0 unspecified atom stereocenters. The van der Waals surface area contributed by atoms with Crippen molar-refractivity contribution < 1.29 is 9.67 Å². The number of hydrogen-bond acceptors (Lipinski definition) is 4. The van der Waals surface area contributed by atoms with Crippen molar-refractivity contribution in [2.24, 2.45) is 27.5 Å². The number of pyridine rings is 1. The highest BCUT2D eigenvalue weighted by atomic mass is 16.3. The molecule has 2 rings (SSSR count). The lowest BCUT2D eigenvalue weighted by molar-refractivity contribution is -0.658. The lowest BCUT2D eigenvalue weighted by Gasteiger charge is -2.23. The summed E-state index contributed by atoms with van der Waals surface area (Å²) >= 11 is 0. The molecule has 1 N–H and O–H groups in total. The van der Waals surface area contributed by atoms with Gasteiger partial charge in [0, 0.05) is 32.2 Å². The van der Waals surface area contributed by atoms with Crippen LogP contribution in [0.15, 0.2) is 57.1 Å². The molecule has 0 aromatic carbocycles. The molecule has 0 atom stereocenters. The molecule has 7 heteroatoms. The van der Waals surface area contributed by atoms with Gasteiger partial charge in [-0.25, -0.2) is 4.57 Å². The highest BCUT2D eigenvalue weighted by Gasteiger charge is 2.11. The summed E-state index contributed by atoms with van der Waals surface area (Å²) in [6.07, 6.45) is 7.62. The first-order valence-electron chi connectivity index (χ1n) is 7.22. The molecule has 0 bridgehead atoms. The monoisotopic (exact) mass is 301 g/mol. The highest BCUT2D eigenvalue weighted by molar-refractivity contribution is 5.86. The van der Waals surface area contributed by atoms with Gasteiger partial charge >= 0.3 is 5.82 Å². The fourth-order valence-electron chi connectivity index (χ4n) is 1.95. The lowest BCUT2D eigenvalue weighted by Crippen LogP contribution is -2.30. The molecular weight excluding hydrogens is 280 g/mol. The highest BCUT2D eigenvalue weighted by Crippen LogP contribution is 2.09. The number of aliphatic hydroxyl groups is 1. The van der Waals surface area contributed by atoms with Crippen molar-refractivity contribution in [3.63, 3.8) is 0 Å². The summed E-state index contributed by atoms with van der Waals surface area (Å²) < 4.78 is 1.87. The molecule has 1 aromatic rings. The van der Waals surface area contributed by atoms with Crippen LogP contribution in [0.5, 0.6) is 0 Å². The van der Waals surface area contributed by atoms with Gasteiger partial charge in [0.1, 0.15) is 5.84 Å². The largest absolute Gasteiger partial charge is 0.395 e. The Balaban J connectivity index is 2.07. The summed E-state index contributed by atoms with van der Waals surface area (Å²) in [5.74, 6) is 2.05. The third kappa shape index (κ3) is 4.56. The predicted molar refractivity (Wildman–Crippen MR) is 84.8 cm³/mol. The van der Waals surface area contributed by atoms with E-state index in [0.717, 1.165) is 24.5 Å². The fraction of sp³-hybridized carbons (Fsp3) is 0.400. The second-order valence-corrected chi connectivity index (χ2v) is 4.87. The number of aromatic nitrogens is 1. The fourth-order valence-corrected chi connectivity index (χ4v) is 1.95. The van der Waals surface area contributed by atoms with Crippen LogP contribution in [0.2, 0.25) is 0 Å². The molecule has 0 spiro atoms. The SMILES string of the molecule is CC(/N=N/c1cccc[n+]1C)=N\N=C1/CCC=CN1CCO. The number of aryl methyl sites for hydroxylation is 1. The zero-order valence-corrected chi connectivity index (χ0v) is 12.9. The second kappa shape index (κ2) is 8.14. The number of aliphatic hydroxyl groups excluding tert-OH is 1. The standard InChI is InChI=1S/C15H21N6O/c1-13(16-18-14-7-3-5-9-20(14)2)17-19-15-8-4-6-10-21(15)11-12-22/h3,5-7,9-10,22H,4,8,11-12H2,1-2H3/q+1. The normalized spacial score (nSPS) is 17.7. The van der Waals surface area contributed by atoms with Gasteiger partial charge in [-0.3, -0.25) is 0 Å². The van der Waals surface area contributed by atoms with Crippen LogP contribution in [0.3, 0.4) is 0 Å². The second-order valence-electron chi connectivity index (χ2n) is 4.87. The maximum Gasteiger partial charge on any atom is 0.350 e. The van der Waals surface area contributed by atoms with E-state index in [1.807, 2.05) is 47.1 Å². The Morgan fingerprint density at radius 1 is 1.41 bits per heavy atom. The Morgan fingerprint density at radius 2 is 2.27 bits per heavy atom. The summed E-state index contributed by atoms with van der Waals surface area (Å²) in [5.41, 5.74) is 0. The number of amidine groups is 2. The van der Waals surface area contributed by atoms with E-state index in [2.05, 4.69) is 26.5 Å². The maximum atomic E-state index is 9.05. The molecule has 1 aromatic heterocycles. The zero-order chi connectivity index (χ0) is 15.8. The molecule has 0 radical (unpaired) electrons. The van der Waals surface area contributed by atoms with Gasteiger partial charge in [-0.15, -0.1) is 10.2 Å². The van der Waals surface area contributed by atoms with Crippen LogP contribution in [0.1, 0.15) is 19.8 Å². The van der Waals surface area contributed by atoms with Gasteiger partial charge in [0.25, 0.3) is 0 Å². The third-order valence-corrected chi connectivity index (χ3v) is 3.13. The van der Waals surface area contributed by atoms with Crippen molar-refractivity contribution in [3.05, 3.63) is 36.7 Å². The first-order chi connectivity index (χ1) is 10.7. The van der Waals surface area contributed by atoms with Gasteiger partial charge in [0.2, 0.25) is 0 Å². The minimum Gasteiger partial charge on any atom is -0.395 e. The van der Waals surface area contributed by atoms with E-state index in [0.29, 0.717) is 12.4 Å². The van der Waals surface area contributed by atoms with Crippen molar-refractivity contribution >= 4 is 17.5 Å². The van der Waals surface area contributed by atoms with E-state index in [-0.39, 0.29) is 6.61 Å². The van der Waals surface area contributed by atoms with Crippen LogP contribution < -0.4 is 4.57 Å². The van der Waals surface area contributed by atoms with E-state index < -0.39 is 0 Å². The Morgan fingerprint density at radius 3 is 3.05 bits per heavy atom. The lowest BCUT2D eigenvalue weighted by atomic mass is 10.2. The molecule has 0 amide bonds. The van der Waals surface area contributed by atoms with E-state index in [4.69, 9.17) is 5.11 Å². The Hall–Kier alpha value is -2.41. The average Bonchev–Trinajstić information content (AvgIpc) is 2.53. The van der Waals surface area contributed by atoms with Crippen LogP contribution in [0.25, 0.3) is 0 Å². The van der Waals surface area contributed by atoms with Crippen molar-refractivity contribution in [1.29, 1.82) is 0 Å². The quantitative estimate of drug-likeness (QED) is 0.303. The molecule has 0 saturated heterocycles. The summed E-state index contributed by atoms with van der Waals surface area (Å²) in [6, 6.07) is 5.71. The van der Waals surface area contributed by atoms with E-state index >= 15 is 0 Å². The van der Waals surface area contributed by atoms with E-state index in [1.165, 1.54) is 0 Å². The minimum atomic E-state index is 0.0796. The van der Waals surface area contributed by atoms with Crippen molar-refractivity contribution in [1.82, 2.24) is 4.90 Å². The number of β-amino-alcohol motifs (C(OH)–C–C–N with tert-alkyl or cyclic N) is 1. The van der Waals surface area contributed by atoms with Crippen LogP contribution >= 0.6 is 0 Å². The van der Waals surface area contributed by atoms with E-state index in [9.17, 15) is 0 Å². The summed E-state index contributed by atoms with van der Waals surface area (Å²) in [6.45, 7) is 2.35. The molecular formula is C15H21N6O+. The molecule has 0 saturated carbocycles. The molecule has 22 heavy (non-hydrogen) atoms. The Labute approximate surface area is 130 Å². The maximum absolute atomic E-state index is 9.05. The van der Waals surface area contributed by atoms with Gasteiger partial charge in [-0.1, -0.05) is 12.1 Å². The van der Waals surface area contributed by atoms with Gasteiger partial charge in [0.15, 0.2) is 5.84 Å². The molecule has 1 aliphatic heterocycles. The number of azo groups is 1. The molecule has 7 nitrogen and oxygen atoms in total. The van der Waals surface area contributed by atoms with Crippen LogP contribution in [0.4, 0.5) is 5.82 Å². The summed E-state index contributed by atoms with van der Waals surface area (Å²) in [7, 11) is 1.90. The molecule has 2 heterocycles. The first kappa shape index (κ1) is 16.0. The summed E-state index contributed by atoms with van der Waals surface area (Å²) in [4.78, 5) is 1.90. The molecule has 0 aliphatic carbocycles. The minimum absolute atomic E-state index is 0.0796. The van der Waals surface area contributed by atoms with Gasteiger partial charge in [-0.05, 0) is 17.6 Å². The molecule has 116 valence electrons. The third-order valence-electron chi connectivity index (χ3n) is 3.13. The van der Waals surface area contributed by atoms with Crippen molar-refractivity contribution in [2.75, 3.05) is 13.2 Å². The smallest absolute Gasteiger partial charge is 0.350 e. The summed E-state index contributed by atoms with van der Waals surface area (Å²) in [5, 5.41) is 25.6. The molecule has 0 fully saturated rings. The van der Waals surface area contributed by atoms with Crippen LogP contribution in [0, 0.1) is 0 Å². The predicted octanol–water partition coefficient (Wildman–Crippen LogP) is 1.93. The number of rotatable bonds is 4. The average molecular weight is 301 g/mol. The van der Waals surface area contributed by atoms with Crippen LogP contribution in [-0.2, 0) is 7.05 Å².